The van der Waals surface area contributed by atoms with Crippen molar-refractivity contribution in [2.24, 2.45) is 16.3 Å². The van der Waals surface area contributed by atoms with Gasteiger partial charge in [0.25, 0.3) is 0 Å². The zero-order valence-electron chi connectivity index (χ0n) is 19.4. The van der Waals surface area contributed by atoms with Gasteiger partial charge in [0.1, 0.15) is 0 Å². The lowest BCUT2D eigenvalue weighted by Crippen LogP contribution is -2.44. The molecule has 9 heteroatoms. The van der Waals surface area contributed by atoms with Gasteiger partial charge in [-0.15, -0.1) is 24.0 Å². The fourth-order valence-electron chi connectivity index (χ4n) is 3.55. The average molecular weight is 567 g/mol. The molecule has 1 fully saturated rings. The van der Waals surface area contributed by atoms with Crippen molar-refractivity contribution in [3.8, 4) is 0 Å². The highest BCUT2D eigenvalue weighted by atomic mass is 127. The molecule has 0 saturated carbocycles. The zero-order chi connectivity index (χ0) is 22.2. The van der Waals surface area contributed by atoms with Crippen LogP contribution < -0.4 is 10.6 Å². The Bertz CT molecular complexity index is 774. The van der Waals surface area contributed by atoms with Gasteiger partial charge >= 0.3 is 0 Å². The Morgan fingerprint density at radius 2 is 1.81 bits per heavy atom. The van der Waals surface area contributed by atoms with Gasteiger partial charge in [-0.25, -0.2) is 8.42 Å². The third-order valence-corrected chi connectivity index (χ3v) is 7.44. The normalized spacial score (nSPS) is 17.6. The molecule has 31 heavy (non-hydrogen) atoms. The molecule has 1 heterocycles. The first-order valence-electron chi connectivity index (χ1n) is 10.8. The molecule has 1 aromatic carbocycles. The summed E-state index contributed by atoms with van der Waals surface area (Å²) in [6.07, 6.45) is 1.71. The average Bonchev–Trinajstić information content (AvgIpc) is 2.72. The number of methoxy groups -OCH3 is 1. The van der Waals surface area contributed by atoms with Crippen molar-refractivity contribution in [3.05, 3.63) is 30.3 Å². The lowest BCUT2D eigenvalue weighted by atomic mass is 9.89. The highest BCUT2D eigenvalue weighted by molar-refractivity contribution is 14.0. The van der Waals surface area contributed by atoms with Crippen molar-refractivity contribution in [3.63, 3.8) is 0 Å². The molecule has 1 saturated heterocycles. The van der Waals surface area contributed by atoms with Crippen LogP contribution in [0.2, 0.25) is 0 Å². The van der Waals surface area contributed by atoms with Crippen LogP contribution in [0.15, 0.2) is 40.2 Å². The summed E-state index contributed by atoms with van der Waals surface area (Å²) >= 11 is 0. The molecule has 7 nitrogen and oxygen atoms in total. The van der Waals surface area contributed by atoms with Gasteiger partial charge in [0, 0.05) is 33.3 Å². The van der Waals surface area contributed by atoms with E-state index in [2.05, 4.69) is 31.4 Å². The molecule has 0 bridgehead atoms. The van der Waals surface area contributed by atoms with Gasteiger partial charge in [0.15, 0.2) is 5.96 Å². The maximum absolute atomic E-state index is 12.8. The van der Waals surface area contributed by atoms with E-state index in [0.717, 1.165) is 31.9 Å². The largest absolute Gasteiger partial charge is 0.379 e. The number of aliphatic imine (C=N–C) groups is 1. The maximum atomic E-state index is 12.8. The van der Waals surface area contributed by atoms with Crippen LogP contribution in [0.4, 0.5) is 0 Å². The summed E-state index contributed by atoms with van der Waals surface area (Å²) in [5, 5.41) is 6.71. The number of benzene rings is 1. The lowest BCUT2D eigenvalue weighted by molar-refractivity contribution is 0.0241. The minimum atomic E-state index is -3.40. The van der Waals surface area contributed by atoms with E-state index in [4.69, 9.17) is 9.73 Å². The summed E-state index contributed by atoms with van der Waals surface area (Å²) in [6, 6.07) is 8.68. The third kappa shape index (κ3) is 8.51. The molecular formula is C22H39IN4O3S. The van der Waals surface area contributed by atoms with E-state index in [1.807, 2.05) is 13.0 Å². The van der Waals surface area contributed by atoms with Crippen LogP contribution in [-0.4, -0.2) is 64.6 Å². The standard InChI is InChI=1S/C22H38N4O3S.HI/c1-6-23-21(25-17-20(29-5)22(2,3)4)24-16-18-12-14-26(15-13-18)30(27,28)19-10-8-7-9-11-19;/h7-11,18,20H,6,12-17H2,1-5H3,(H2,23,24,25);1H. The van der Waals surface area contributed by atoms with Crippen LogP contribution in [0, 0.1) is 11.3 Å². The number of halogens is 1. The number of hydrogen-bond acceptors (Lipinski definition) is 4. The van der Waals surface area contributed by atoms with E-state index >= 15 is 0 Å². The molecule has 2 rings (SSSR count). The molecule has 0 aromatic heterocycles. The minimum absolute atomic E-state index is 0. The van der Waals surface area contributed by atoms with Gasteiger partial charge in [-0.3, -0.25) is 4.99 Å². The molecule has 1 atom stereocenters. The summed E-state index contributed by atoms with van der Waals surface area (Å²) in [5.74, 6) is 1.19. The summed E-state index contributed by atoms with van der Waals surface area (Å²) in [6.45, 7) is 11.7. The predicted octanol–water partition coefficient (Wildman–Crippen LogP) is 3.32. The molecule has 0 spiro atoms. The Kier molecular flexibility index (Phi) is 11.8. The molecule has 0 radical (unpaired) electrons. The summed E-state index contributed by atoms with van der Waals surface area (Å²) in [7, 11) is -1.67. The Labute approximate surface area is 205 Å². The van der Waals surface area contributed by atoms with Crippen LogP contribution in [-0.2, 0) is 14.8 Å². The molecule has 1 aromatic rings. The van der Waals surface area contributed by atoms with Gasteiger partial charge < -0.3 is 15.4 Å². The van der Waals surface area contributed by atoms with E-state index in [1.54, 1.807) is 35.7 Å². The highest BCUT2D eigenvalue weighted by Crippen LogP contribution is 2.24. The molecule has 1 aliphatic rings. The SMILES string of the molecule is CCNC(=NCC(OC)C(C)(C)C)NCC1CCN(S(=O)(=O)c2ccccc2)CC1.I. The van der Waals surface area contributed by atoms with E-state index in [1.165, 1.54) is 0 Å². The molecule has 1 unspecified atom stereocenters. The Morgan fingerprint density at radius 3 is 2.32 bits per heavy atom. The summed E-state index contributed by atoms with van der Waals surface area (Å²) in [4.78, 5) is 5.06. The zero-order valence-corrected chi connectivity index (χ0v) is 22.6. The van der Waals surface area contributed by atoms with Gasteiger partial charge in [-0.2, -0.15) is 4.31 Å². The van der Waals surface area contributed by atoms with E-state index < -0.39 is 10.0 Å². The van der Waals surface area contributed by atoms with Gasteiger partial charge in [0.05, 0.1) is 17.5 Å². The topological polar surface area (TPSA) is 83.0 Å². The van der Waals surface area contributed by atoms with E-state index in [9.17, 15) is 8.42 Å². The Balaban J connectivity index is 0.00000480. The second-order valence-corrected chi connectivity index (χ2v) is 10.8. The maximum Gasteiger partial charge on any atom is 0.243 e. The summed E-state index contributed by atoms with van der Waals surface area (Å²) < 4.78 is 32.7. The van der Waals surface area contributed by atoms with Crippen molar-refractivity contribution in [2.45, 2.75) is 51.5 Å². The van der Waals surface area contributed by atoms with E-state index in [0.29, 0.717) is 30.4 Å². The molecule has 0 aliphatic carbocycles. The molecule has 2 N–H and O–H groups in total. The van der Waals surface area contributed by atoms with Crippen molar-refractivity contribution < 1.29 is 13.2 Å². The fraction of sp³-hybridized carbons (Fsp3) is 0.682. The van der Waals surface area contributed by atoms with Crippen LogP contribution in [0.5, 0.6) is 0 Å². The van der Waals surface area contributed by atoms with Crippen LogP contribution in [0.1, 0.15) is 40.5 Å². The van der Waals surface area contributed by atoms with Gasteiger partial charge in [-0.1, -0.05) is 39.0 Å². The van der Waals surface area contributed by atoms with Crippen molar-refractivity contribution >= 4 is 40.0 Å². The van der Waals surface area contributed by atoms with Crippen molar-refractivity contribution in [1.82, 2.24) is 14.9 Å². The van der Waals surface area contributed by atoms with Crippen molar-refractivity contribution in [2.75, 3.05) is 39.8 Å². The number of guanidine groups is 1. The van der Waals surface area contributed by atoms with Crippen molar-refractivity contribution in [1.29, 1.82) is 0 Å². The first-order valence-corrected chi connectivity index (χ1v) is 12.2. The first kappa shape index (κ1) is 28.1. The number of hydrogen-bond donors (Lipinski definition) is 2. The summed E-state index contributed by atoms with van der Waals surface area (Å²) in [5.41, 5.74) is 0.0205. The highest BCUT2D eigenvalue weighted by Gasteiger charge is 2.29. The fourth-order valence-corrected chi connectivity index (χ4v) is 5.04. The Hall–Kier alpha value is -0.910. The molecule has 0 amide bonds. The number of piperidine rings is 1. The first-order chi connectivity index (χ1) is 14.2. The van der Waals surface area contributed by atoms with Crippen LogP contribution >= 0.6 is 24.0 Å². The van der Waals surface area contributed by atoms with Crippen LogP contribution in [0.25, 0.3) is 0 Å². The van der Waals surface area contributed by atoms with E-state index in [-0.39, 0.29) is 35.5 Å². The number of sulfonamides is 1. The molecular weight excluding hydrogens is 527 g/mol. The number of ether oxygens (including phenoxy) is 1. The minimum Gasteiger partial charge on any atom is -0.379 e. The molecule has 178 valence electrons. The number of nitrogens with one attached hydrogen (secondary N) is 2. The second kappa shape index (κ2) is 13.0. The monoisotopic (exact) mass is 566 g/mol. The van der Waals surface area contributed by atoms with Gasteiger partial charge in [0.2, 0.25) is 10.0 Å². The quantitative estimate of drug-likeness (QED) is 0.287. The second-order valence-electron chi connectivity index (χ2n) is 8.85. The van der Waals surface area contributed by atoms with Gasteiger partial charge in [-0.05, 0) is 43.2 Å². The third-order valence-electron chi connectivity index (χ3n) is 5.52. The number of rotatable bonds is 8. The number of nitrogens with zero attached hydrogens (tertiary/aromatic N) is 2. The predicted molar refractivity (Wildman–Crippen MR) is 138 cm³/mol. The smallest absolute Gasteiger partial charge is 0.243 e. The Morgan fingerprint density at radius 1 is 1.19 bits per heavy atom. The lowest BCUT2D eigenvalue weighted by Gasteiger charge is -2.31. The van der Waals surface area contributed by atoms with Crippen LogP contribution in [0.3, 0.4) is 0 Å². The molecule has 1 aliphatic heterocycles.